The highest BCUT2D eigenvalue weighted by Gasteiger charge is 2.31. The van der Waals surface area contributed by atoms with Gasteiger partial charge in [0.05, 0.1) is 27.7 Å². The summed E-state index contributed by atoms with van der Waals surface area (Å²) in [7, 11) is 2.02. The molecule has 0 fully saturated rings. The number of phosphoric ester groups is 1. The largest absolute Gasteiger partial charge is 0.472 e. The lowest BCUT2D eigenvalue weighted by Gasteiger charge is -2.30. The topological polar surface area (TPSA) is 55.8 Å². The third kappa shape index (κ3) is 19.1. The van der Waals surface area contributed by atoms with E-state index in [1.807, 2.05) is 45.4 Å². The molecule has 36 heavy (non-hydrogen) atoms. The van der Waals surface area contributed by atoms with E-state index in [0.717, 1.165) is 28.4 Å². The van der Waals surface area contributed by atoms with Crippen LogP contribution in [0, 0.1) is 3.57 Å². The van der Waals surface area contributed by atoms with Gasteiger partial charge in [0.1, 0.15) is 12.6 Å². The number of nitrogens with zero attached hydrogens (tertiary/aromatic N) is 1. The SMILES string of the molecule is CCCCCCCCCCCCCCCCCCOP(=O)(O)OC(C[N+](C)(C)C)c1ccc(I)cc1. The van der Waals surface area contributed by atoms with Crippen LogP contribution in [0.15, 0.2) is 24.3 Å². The third-order valence-corrected chi connectivity index (χ3v) is 8.22. The molecule has 0 radical (unpaired) electrons. The summed E-state index contributed by atoms with van der Waals surface area (Å²) < 4.78 is 25.3. The Hall–Kier alpha value is 0.0200. The van der Waals surface area contributed by atoms with Crippen molar-refractivity contribution >= 4 is 30.4 Å². The molecule has 0 aliphatic carbocycles. The molecule has 0 saturated carbocycles. The van der Waals surface area contributed by atoms with Crippen LogP contribution in [0.1, 0.15) is 121 Å². The highest BCUT2D eigenvalue weighted by atomic mass is 127. The summed E-state index contributed by atoms with van der Waals surface area (Å²) in [5.74, 6) is 0. The molecule has 0 bridgehead atoms. The molecule has 7 heteroatoms. The Balaban J connectivity index is 2.10. The first-order chi connectivity index (χ1) is 17.1. The normalized spacial score (nSPS) is 14.6. The van der Waals surface area contributed by atoms with Gasteiger partial charge in [-0.3, -0.25) is 9.05 Å². The van der Waals surface area contributed by atoms with E-state index in [0.29, 0.717) is 11.0 Å². The first-order valence-corrected chi connectivity index (χ1v) is 16.9. The molecule has 2 atom stereocenters. The van der Waals surface area contributed by atoms with Gasteiger partial charge in [0, 0.05) is 3.57 Å². The zero-order valence-electron chi connectivity index (χ0n) is 23.6. The van der Waals surface area contributed by atoms with Crippen molar-refractivity contribution in [1.82, 2.24) is 0 Å². The third-order valence-electron chi connectivity index (χ3n) is 6.47. The summed E-state index contributed by atoms with van der Waals surface area (Å²) >= 11 is 2.25. The Bertz CT molecular complexity index is 708. The minimum Gasteiger partial charge on any atom is -0.328 e. The second kappa shape index (κ2) is 20.0. The van der Waals surface area contributed by atoms with Crippen molar-refractivity contribution in [2.75, 3.05) is 34.3 Å². The number of rotatable bonds is 23. The van der Waals surface area contributed by atoms with Gasteiger partial charge in [0.2, 0.25) is 0 Å². The van der Waals surface area contributed by atoms with Crippen molar-refractivity contribution < 1.29 is 23.0 Å². The fourth-order valence-corrected chi connectivity index (χ4v) is 5.69. The maximum atomic E-state index is 12.6. The number of hydrogen-bond acceptors (Lipinski definition) is 3. The molecule has 5 nitrogen and oxygen atoms in total. The maximum absolute atomic E-state index is 12.6. The Morgan fingerprint density at radius 1 is 0.778 bits per heavy atom. The molecule has 1 N–H and O–H groups in total. The minimum atomic E-state index is -4.11. The van der Waals surface area contributed by atoms with E-state index >= 15 is 0 Å². The molecule has 1 aromatic carbocycles. The predicted molar refractivity (Wildman–Crippen MR) is 161 cm³/mol. The number of hydrogen-bond donors (Lipinski definition) is 1. The van der Waals surface area contributed by atoms with Gasteiger partial charge in [-0.25, -0.2) is 4.57 Å². The molecule has 1 rings (SSSR count). The first-order valence-electron chi connectivity index (χ1n) is 14.3. The quantitative estimate of drug-likeness (QED) is 0.0562. The lowest BCUT2D eigenvalue weighted by atomic mass is 10.0. The van der Waals surface area contributed by atoms with Crippen LogP contribution in [0.4, 0.5) is 0 Å². The molecule has 0 aromatic heterocycles. The molecule has 0 amide bonds. The number of phosphoric acid groups is 1. The second-order valence-corrected chi connectivity index (χ2v) is 13.9. The van der Waals surface area contributed by atoms with Gasteiger partial charge >= 0.3 is 7.82 Å². The van der Waals surface area contributed by atoms with Crippen molar-refractivity contribution in [2.24, 2.45) is 0 Å². The van der Waals surface area contributed by atoms with Crippen LogP contribution in [0.2, 0.25) is 0 Å². The second-order valence-electron chi connectivity index (χ2n) is 11.2. The Morgan fingerprint density at radius 2 is 1.19 bits per heavy atom. The van der Waals surface area contributed by atoms with Crippen LogP contribution < -0.4 is 0 Å². The number of likely N-dealkylation sites (N-methyl/N-ethyl adjacent to an activating group) is 1. The standard InChI is InChI=1S/C29H53INO4P/c1-5-6-7-8-9-10-11-12-13-14-15-16-17-18-19-20-25-34-36(32,33)35-29(26-31(2,3)4)27-21-23-28(30)24-22-27/h21-24,29H,5-20,25-26H2,1-4H3/p+1. The molecule has 0 aliphatic heterocycles. The van der Waals surface area contributed by atoms with Gasteiger partial charge in [-0.05, 0) is 46.7 Å². The monoisotopic (exact) mass is 638 g/mol. The molecule has 210 valence electrons. The van der Waals surface area contributed by atoms with E-state index in [-0.39, 0.29) is 6.61 Å². The highest BCUT2D eigenvalue weighted by molar-refractivity contribution is 14.1. The molecule has 1 aromatic rings. The van der Waals surface area contributed by atoms with E-state index < -0.39 is 13.9 Å². The lowest BCUT2D eigenvalue weighted by Crippen LogP contribution is -2.39. The molecular formula is C29H54INO4P+. The minimum absolute atomic E-state index is 0.260. The van der Waals surface area contributed by atoms with Crippen molar-refractivity contribution in [1.29, 1.82) is 0 Å². The van der Waals surface area contributed by atoms with Crippen molar-refractivity contribution in [3.63, 3.8) is 0 Å². The molecule has 2 unspecified atom stereocenters. The molecule has 0 aliphatic rings. The Morgan fingerprint density at radius 3 is 1.61 bits per heavy atom. The summed E-state index contributed by atoms with van der Waals surface area (Å²) in [4.78, 5) is 10.3. The van der Waals surface area contributed by atoms with Gasteiger partial charge in [-0.1, -0.05) is 115 Å². The summed E-state index contributed by atoms with van der Waals surface area (Å²) in [6, 6.07) is 7.89. The fraction of sp³-hybridized carbons (Fsp3) is 0.793. The van der Waals surface area contributed by atoms with Gasteiger partial charge in [-0.15, -0.1) is 0 Å². The predicted octanol–water partition coefficient (Wildman–Crippen LogP) is 9.43. The van der Waals surface area contributed by atoms with Crippen LogP contribution >= 0.6 is 30.4 Å². The Labute approximate surface area is 236 Å². The molecule has 0 heterocycles. The van der Waals surface area contributed by atoms with Gasteiger partial charge in [-0.2, -0.15) is 0 Å². The van der Waals surface area contributed by atoms with Crippen LogP contribution in [0.25, 0.3) is 0 Å². The smallest absolute Gasteiger partial charge is 0.328 e. The van der Waals surface area contributed by atoms with Gasteiger partial charge in [0.25, 0.3) is 0 Å². The van der Waals surface area contributed by atoms with Crippen LogP contribution in [0.3, 0.4) is 0 Å². The van der Waals surface area contributed by atoms with E-state index in [9.17, 15) is 9.46 Å². The number of quaternary nitrogens is 1. The summed E-state index contributed by atoms with van der Waals surface area (Å²) in [5, 5.41) is 0. The van der Waals surface area contributed by atoms with Gasteiger partial charge in [0.15, 0.2) is 0 Å². The Kier molecular flexibility index (Phi) is 18.9. The summed E-state index contributed by atoms with van der Waals surface area (Å²) in [5.41, 5.74) is 0.892. The molecule has 0 spiro atoms. The summed E-state index contributed by atoms with van der Waals surface area (Å²) in [6.45, 7) is 3.11. The van der Waals surface area contributed by atoms with E-state index in [4.69, 9.17) is 9.05 Å². The van der Waals surface area contributed by atoms with E-state index in [1.165, 1.54) is 83.5 Å². The van der Waals surface area contributed by atoms with Crippen molar-refractivity contribution in [2.45, 2.75) is 116 Å². The van der Waals surface area contributed by atoms with Crippen molar-refractivity contribution in [3.05, 3.63) is 33.4 Å². The fourth-order valence-electron chi connectivity index (χ4n) is 4.40. The number of benzene rings is 1. The number of unbranched alkanes of at least 4 members (excludes halogenated alkanes) is 15. The average molecular weight is 639 g/mol. The van der Waals surface area contributed by atoms with Crippen LogP contribution in [-0.4, -0.2) is 43.7 Å². The molecular weight excluding hydrogens is 584 g/mol. The van der Waals surface area contributed by atoms with E-state index in [2.05, 4.69) is 29.5 Å². The average Bonchev–Trinajstić information content (AvgIpc) is 2.80. The van der Waals surface area contributed by atoms with Crippen LogP contribution in [0.5, 0.6) is 0 Å². The van der Waals surface area contributed by atoms with Crippen LogP contribution in [-0.2, 0) is 13.6 Å². The van der Waals surface area contributed by atoms with Crippen molar-refractivity contribution in [3.8, 4) is 0 Å². The first kappa shape index (κ1) is 34.0. The lowest BCUT2D eigenvalue weighted by molar-refractivity contribution is -0.874. The summed E-state index contributed by atoms with van der Waals surface area (Å²) in [6.07, 6.45) is 20.3. The van der Waals surface area contributed by atoms with E-state index in [1.54, 1.807) is 0 Å². The highest BCUT2D eigenvalue weighted by Crippen LogP contribution is 2.48. The zero-order chi connectivity index (χ0) is 26.7. The molecule has 0 saturated heterocycles. The number of halogens is 1. The maximum Gasteiger partial charge on any atom is 0.472 e. The zero-order valence-corrected chi connectivity index (χ0v) is 26.6. The van der Waals surface area contributed by atoms with Gasteiger partial charge < -0.3 is 9.38 Å².